The van der Waals surface area contributed by atoms with Gasteiger partial charge in [0.05, 0.1) is 6.10 Å². The van der Waals surface area contributed by atoms with E-state index in [4.69, 9.17) is 16.6 Å². The average Bonchev–Trinajstić information content (AvgIpc) is 2.36. The summed E-state index contributed by atoms with van der Waals surface area (Å²) in [5.74, 6) is -1.09. The Morgan fingerprint density at radius 1 is 1.32 bits per heavy atom. The van der Waals surface area contributed by atoms with Crippen LogP contribution in [0.15, 0.2) is 0 Å². The molecular formula is C13H29N5O4. The Morgan fingerprint density at radius 3 is 2.50 bits per heavy atom. The summed E-state index contributed by atoms with van der Waals surface area (Å²) in [5.41, 5.74) is 13.7. The topological polar surface area (TPSA) is 154 Å². The average molecular weight is 319 g/mol. The van der Waals surface area contributed by atoms with Crippen molar-refractivity contribution in [1.29, 1.82) is 0 Å². The van der Waals surface area contributed by atoms with Gasteiger partial charge in [-0.25, -0.2) is 5.01 Å². The fourth-order valence-corrected chi connectivity index (χ4v) is 1.83. The summed E-state index contributed by atoms with van der Waals surface area (Å²) in [7, 11) is 1.45. The fourth-order valence-electron chi connectivity index (χ4n) is 1.83. The number of nitrogens with two attached hydrogens (primary N) is 2. The molecule has 0 radical (unpaired) electrons. The van der Waals surface area contributed by atoms with Crippen molar-refractivity contribution in [2.45, 2.75) is 31.9 Å². The van der Waals surface area contributed by atoms with Crippen LogP contribution in [0, 0.1) is 5.92 Å². The molecule has 0 fully saturated rings. The third kappa shape index (κ3) is 11.4. The second-order valence-electron chi connectivity index (χ2n) is 5.64. The molecule has 8 N–H and O–H groups in total. The molecule has 0 bridgehead atoms. The zero-order valence-corrected chi connectivity index (χ0v) is 13.3. The monoisotopic (exact) mass is 319 g/mol. The van der Waals surface area contributed by atoms with Gasteiger partial charge < -0.3 is 27.0 Å². The maximum Gasteiger partial charge on any atom is 0.319 e. The largest absolute Gasteiger partial charge is 0.480 e. The van der Waals surface area contributed by atoms with E-state index in [0.717, 1.165) is 0 Å². The molecule has 0 saturated carbocycles. The van der Waals surface area contributed by atoms with Crippen molar-refractivity contribution in [3.05, 3.63) is 0 Å². The molecule has 22 heavy (non-hydrogen) atoms. The number of hydrogen-bond donors (Lipinski definition) is 6. The molecule has 0 spiro atoms. The molecule has 9 heteroatoms. The molecule has 130 valence electrons. The van der Waals surface area contributed by atoms with E-state index in [1.807, 2.05) is 6.92 Å². The molecule has 1 amide bonds. The van der Waals surface area contributed by atoms with E-state index in [-0.39, 0.29) is 25.3 Å². The van der Waals surface area contributed by atoms with Gasteiger partial charge in [-0.15, -0.1) is 0 Å². The molecule has 0 aliphatic heterocycles. The van der Waals surface area contributed by atoms with Crippen LogP contribution in [-0.2, 0) is 9.59 Å². The molecule has 0 rings (SSSR count). The van der Waals surface area contributed by atoms with Crippen LogP contribution in [0.3, 0.4) is 0 Å². The van der Waals surface area contributed by atoms with Gasteiger partial charge in [-0.2, -0.15) is 0 Å². The van der Waals surface area contributed by atoms with Crippen LogP contribution in [-0.4, -0.2) is 72.5 Å². The number of carboxylic acid groups (broad SMARTS) is 1. The number of carbonyl (C=O) groups excluding carboxylic acids is 1. The smallest absolute Gasteiger partial charge is 0.319 e. The molecule has 0 heterocycles. The number of nitrogens with zero attached hydrogens (tertiary/aromatic N) is 1. The lowest BCUT2D eigenvalue weighted by Crippen LogP contribution is -2.44. The summed E-state index contributed by atoms with van der Waals surface area (Å²) in [5, 5.41) is 22.7. The Bertz CT molecular complexity index is 342. The van der Waals surface area contributed by atoms with Crippen LogP contribution in [0.25, 0.3) is 0 Å². The van der Waals surface area contributed by atoms with Crippen molar-refractivity contribution in [3.8, 4) is 0 Å². The highest BCUT2D eigenvalue weighted by Gasteiger charge is 2.16. The zero-order valence-electron chi connectivity index (χ0n) is 13.3. The quantitative estimate of drug-likeness (QED) is 0.219. The molecular weight excluding hydrogens is 290 g/mol. The van der Waals surface area contributed by atoms with Gasteiger partial charge >= 0.3 is 5.97 Å². The van der Waals surface area contributed by atoms with Gasteiger partial charge in [0.25, 0.3) is 0 Å². The highest BCUT2D eigenvalue weighted by Crippen LogP contribution is 2.00. The third-order valence-electron chi connectivity index (χ3n) is 2.99. The Balaban J connectivity index is 3.88. The third-order valence-corrected chi connectivity index (χ3v) is 2.99. The van der Waals surface area contributed by atoms with Crippen LogP contribution in [0.5, 0.6) is 0 Å². The Kier molecular flexibility index (Phi) is 10.7. The highest BCUT2D eigenvalue weighted by molar-refractivity contribution is 5.76. The van der Waals surface area contributed by atoms with Gasteiger partial charge in [-0.1, -0.05) is 6.92 Å². The maximum absolute atomic E-state index is 11.6. The van der Waals surface area contributed by atoms with Crippen LogP contribution in [0.4, 0.5) is 0 Å². The maximum atomic E-state index is 11.6. The molecule has 0 aromatic heterocycles. The summed E-state index contributed by atoms with van der Waals surface area (Å²) in [6, 6.07) is -0.498. The first-order valence-corrected chi connectivity index (χ1v) is 7.31. The lowest BCUT2D eigenvalue weighted by molar-refractivity contribution is -0.139. The minimum absolute atomic E-state index is 0.0141. The van der Waals surface area contributed by atoms with Gasteiger partial charge in [-0.05, 0) is 25.4 Å². The van der Waals surface area contributed by atoms with E-state index in [2.05, 4.69) is 10.7 Å². The van der Waals surface area contributed by atoms with Crippen molar-refractivity contribution < 1.29 is 19.8 Å². The fraction of sp³-hybridized carbons (Fsp3) is 0.846. The number of nitrogens with one attached hydrogen (secondary N) is 2. The van der Waals surface area contributed by atoms with E-state index in [9.17, 15) is 14.7 Å². The molecule has 0 aromatic rings. The Labute approximate surface area is 131 Å². The Hall–Kier alpha value is -1.26. The predicted molar refractivity (Wildman–Crippen MR) is 82.7 cm³/mol. The SMILES string of the molecule is CC(CN)CNC[C@H](O)C[C@@H](N)CC(=O)NN(C)CC(=O)O. The van der Waals surface area contributed by atoms with Crippen molar-refractivity contribution in [2.24, 2.45) is 17.4 Å². The van der Waals surface area contributed by atoms with E-state index in [0.29, 0.717) is 25.6 Å². The van der Waals surface area contributed by atoms with Crippen molar-refractivity contribution in [1.82, 2.24) is 15.8 Å². The summed E-state index contributed by atoms with van der Waals surface area (Å²) >= 11 is 0. The van der Waals surface area contributed by atoms with Gasteiger partial charge in [0.2, 0.25) is 5.91 Å². The second-order valence-corrected chi connectivity index (χ2v) is 5.64. The summed E-state index contributed by atoms with van der Waals surface area (Å²) in [4.78, 5) is 22.1. The molecule has 3 atom stereocenters. The summed E-state index contributed by atoms with van der Waals surface area (Å²) < 4.78 is 0. The molecule has 9 nitrogen and oxygen atoms in total. The number of likely N-dealkylation sites (N-methyl/N-ethyl adjacent to an activating group) is 1. The van der Waals surface area contributed by atoms with E-state index >= 15 is 0 Å². The molecule has 0 saturated heterocycles. The predicted octanol–water partition coefficient (Wildman–Crippen LogP) is -2.31. The normalized spacial score (nSPS) is 15.4. The van der Waals surface area contributed by atoms with E-state index in [1.54, 1.807) is 0 Å². The van der Waals surface area contributed by atoms with Crippen LogP contribution >= 0.6 is 0 Å². The number of hydrogen-bond acceptors (Lipinski definition) is 7. The standard InChI is InChI=1S/C13H29N5O4/c1-9(5-14)6-16-7-11(19)3-10(15)4-12(20)17-18(2)8-13(21)22/h9-11,16,19H,3-8,14-15H2,1-2H3,(H,17,20)(H,21,22)/t9?,10-,11-/m1/s1. The van der Waals surface area contributed by atoms with Gasteiger partial charge in [0, 0.05) is 26.1 Å². The Morgan fingerprint density at radius 2 is 1.95 bits per heavy atom. The molecule has 0 aliphatic rings. The van der Waals surface area contributed by atoms with E-state index < -0.39 is 18.1 Å². The molecule has 1 unspecified atom stereocenters. The molecule has 0 aliphatic carbocycles. The van der Waals surface area contributed by atoms with E-state index in [1.165, 1.54) is 12.1 Å². The van der Waals surface area contributed by atoms with Gasteiger partial charge in [0.15, 0.2) is 0 Å². The van der Waals surface area contributed by atoms with Crippen molar-refractivity contribution in [3.63, 3.8) is 0 Å². The highest BCUT2D eigenvalue weighted by atomic mass is 16.4. The number of rotatable bonds is 12. The van der Waals surface area contributed by atoms with Gasteiger partial charge in [0.1, 0.15) is 6.54 Å². The van der Waals surface area contributed by atoms with Crippen LogP contribution in [0.2, 0.25) is 0 Å². The number of carboxylic acids is 1. The first-order valence-electron chi connectivity index (χ1n) is 7.31. The number of hydrazine groups is 1. The number of aliphatic hydroxyl groups is 1. The number of aliphatic hydroxyl groups excluding tert-OH is 1. The minimum Gasteiger partial charge on any atom is -0.480 e. The number of aliphatic carboxylic acids is 1. The number of carbonyl (C=O) groups is 2. The molecule has 0 aromatic carbocycles. The summed E-state index contributed by atoms with van der Waals surface area (Å²) in [6.07, 6.45) is -0.357. The first kappa shape index (κ1) is 20.7. The zero-order chi connectivity index (χ0) is 17.1. The van der Waals surface area contributed by atoms with Gasteiger partial charge in [-0.3, -0.25) is 15.0 Å². The number of amides is 1. The van der Waals surface area contributed by atoms with Crippen molar-refractivity contribution in [2.75, 3.05) is 33.2 Å². The second kappa shape index (κ2) is 11.3. The minimum atomic E-state index is -1.04. The summed E-state index contributed by atoms with van der Waals surface area (Å²) in [6.45, 7) is 3.38. The first-order chi connectivity index (χ1) is 10.2. The van der Waals surface area contributed by atoms with Crippen LogP contribution in [0.1, 0.15) is 19.8 Å². The van der Waals surface area contributed by atoms with Crippen LogP contribution < -0.4 is 22.2 Å². The lowest BCUT2D eigenvalue weighted by atomic mass is 10.1. The lowest BCUT2D eigenvalue weighted by Gasteiger charge is -2.20. The van der Waals surface area contributed by atoms with Crippen molar-refractivity contribution >= 4 is 11.9 Å².